The van der Waals surface area contributed by atoms with E-state index in [1.165, 1.54) is 6.07 Å². The standard InChI is InChI=1S/C25H32O6/c1-24(2,27)20-12-16-18(30-20)14-19-22(23(16)29-15-8-4-5-9-15)17(26)13-21(31-19)25(28)10-6-3-7-11-25/h13-15,20,27-28H,3-12H2,1-2H3. The summed E-state index contributed by atoms with van der Waals surface area (Å²) in [4.78, 5) is 13.3. The lowest BCUT2D eigenvalue weighted by Gasteiger charge is -2.31. The minimum Gasteiger partial charge on any atom is -0.489 e. The van der Waals surface area contributed by atoms with Crippen LogP contribution in [0.2, 0.25) is 0 Å². The predicted molar refractivity (Wildman–Crippen MR) is 117 cm³/mol. The van der Waals surface area contributed by atoms with Gasteiger partial charge in [-0.25, -0.2) is 0 Å². The summed E-state index contributed by atoms with van der Waals surface area (Å²) in [6.07, 6.45) is 8.36. The smallest absolute Gasteiger partial charge is 0.196 e. The largest absolute Gasteiger partial charge is 0.489 e. The summed E-state index contributed by atoms with van der Waals surface area (Å²) in [5, 5.41) is 22.1. The van der Waals surface area contributed by atoms with Crippen LogP contribution >= 0.6 is 0 Å². The topological polar surface area (TPSA) is 89.1 Å². The van der Waals surface area contributed by atoms with Crippen molar-refractivity contribution in [1.29, 1.82) is 0 Å². The molecule has 2 aromatic rings. The molecular formula is C25H32O6. The quantitative estimate of drug-likeness (QED) is 0.753. The molecule has 1 aliphatic heterocycles. The first-order valence-electron chi connectivity index (χ1n) is 11.7. The number of fused-ring (bicyclic) bond motifs is 2. The Labute approximate surface area is 182 Å². The SMILES string of the molecule is CC(C)(O)C1Cc2c(cc3oc(C4(O)CCCCC4)cc(=O)c3c2OC2CCCC2)O1. The molecule has 3 aliphatic rings. The summed E-state index contributed by atoms with van der Waals surface area (Å²) in [7, 11) is 0. The van der Waals surface area contributed by atoms with Gasteiger partial charge in [0.05, 0.1) is 11.7 Å². The van der Waals surface area contributed by atoms with Gasteiger partial charge in [0.2, 0.25) is 0 Å². The van der Waals surface area contributed by atoms with Crippen LogP contribution in [-0.2, 0) is 12.0 Å². The molecule has 1 unspecified atom stereocenters. The number of hydrogen-bond donors (Lipinski definition) is 2. The zero-order valence-electron chi connectivity index (χ0n) is 18.4. The molecule has 2 saturated carbocycles. The van der Waals surface area contributed by atoms with Gasteiger partial charge < -0.3 is 24.1 Å². The monoisotopic (exact) mass is 428 g/mol. The third-order valence-electron chi connectivity index (χ3n) is 7.21. The van der Waals surface area contributed by atoms with Crippen LogP contribution < -0.4 is 14.9 Å². The van der Waals surface area contributed by atoms with Crippen LogP contribution in [0.25, 0.3) is 11.0 Å². The molecule has 2 fully saturated rings. The molecule has 0 bridgehead atoms. The van der Waals surface area contributed by atoms with E-state index in [9.17, 15) is 15.0 Å². The second kappa shape index (κ2) is 7.52. The molecule has 168 valence electrons. The molecule has 5 rings (SSSR count). The van der Waals surface area contributed by atoms with Crippen LogP contribution in [-0.4, -0.2) is 28.0 Å². The Hall–Kier alpha value is -2.05. The second-order valence-electron chi connectivity index (χ2n) is 10.1. The number of benzene rings is 1. The van der Waals surface area contributed by atoms with Gasteiger partial charge in [-0.1, -0.05) is 19.3 Å². The van der Waals surface area contributed by atoms with E-state index in [0.29, 0.717) is 47.5 Å². The number of ether oxygens (including phenoxy) is 2. The molecule has 0 saturated heterocycles. The van der Waals surface area contributed by atoms with Gasteiger partial charge in [-0.15, -0.1) is 0 Å². The lowest BCUT2D eigenvalue weighted by Crippen LogP contribution is -2.39. The van der Waals surface area contributed by atoms with Gasteiger partial charge >= 0.3 is 0 Å². The molecule has 1 atom stereocenters. The minimum atomic E-state index is -1.10. The molecule has 1 aromatic carbocycles. The van der Waals surface area contributed by atoms with Gasteiger partial charge in [-0.05, 0) is 52.4 Å². The van der Waals surface area contributed by atoms with Crippen molar-refractivity contribution in [2.45, 2.75) is 101 Å². The van der Waals surface area contributed by atoms with E-state index < -0.39 is 17.3 Å². The van der Waals surface area contributed by atoms with E-state index in [1.807, 2.05) is 0 Å². The molecule has 2 heterocycles. The van der Waals surface area contributed by atoms with Crippen LogP contribution in [0.15, 0.2) is 21.3 Å². The van der Waals surface area contributed by atoms with Crippen molar-refractivity contribution in [3.8, 4) is 11.5 Å². The number of aliphatic hydroxyl groups is 2. The average Bonchev–Trinajstić information content (AvgIpc) is 3.37. The second-order valence-corrected chi connectivity index (χ2v) is 10.1. The van der Waals surface area contributed by atoms with Crippen molar-refractivity contribution in [2.24, 2.45) is 0 Å². The van der Waals surface area contributed by atoms with Gasteiger partial charge in [0.15, 0.2) is 5.43 Å². The first-order chi connectivity index (χ1) is 14.7. The van der Waals surface area contributed by atoms with Crippen LogP contribution in [0.3, 0.4) is 0 Å². The fourth-order valence-corrected chi connectivity index (χ4v) is 5.29. The highest BCUT2D eigenvalue weighted by atomic mass is 16.5. The van der Waals surface area contributed by atoms with Crippen LogP contribution in [0.4, 0.5) is 0 Å². The van der Waals surface area contributed by atoms with E-state index in [0.717, 1.165) is 50.5 Å². The first-order valence-corrected chi connectivity index (χ1v) is 11.7. The van der Waals surface area contributed by atoms with Crippen molar-refractivity contribution in [3.63, 3.8) is 0 Å². The maximum absolute atomic E-state index is 13.3. The van der Waals surface area contributed by atoms with E-state index in [1.54, 1.807) is 19.9 Å². The van der Waals surface area contributed by atoms with E-state index in [2.05, 4.69) is 0 Å². The van der Waals surface area contributed by atoms with Gasteiger partial charge in [0, 0.05) is 24.1 Å². The van der Waals surface area contributed by atoms with Crippen molar-refractivity contribution in [3.05, 3.63) is 33.7 Å². The third-order valence-corrected chi connectivity index (χ3v) is 7.21. The fraction of sp³-hybridized carbons (Fsp3) is 0.640. The van der Waals surface area contributed by atoms with Gasteiger partial charge in [-0.3, -0.25) is 4.79 Å². The van der Waals surface area contributed by atoms with Gasteiger partial charge in [-0.2, -0.15) is 0 Å². The van der Waals surface area contributed by atoms with Gasteiger partial charge in [0.1, 0.15) is 39.9 Å². The molecule has 2 N–H and O–H groups in total. The van der Waals surface area contributed by atoms with Crippen LogP contribution in [0, 0.1) is 0 Å². The molecule has 0 amide bonds. The van der Waals surface area contributed by atoms with E-state index >= 15 is 0 Å². The maximum Gasteiger partial charge on any atom is 0.196 e. The summed E-state index contributed by atoms with van der Waals surface area (Å²) in [5.41, 5.74) is -1.13. The Morgan fingerprint density at radius 3 is 2.48 bits per heavy atom. The van der Waals surface area contributed by atoms with Crippen molar-refractivity contribution < 1.29 is 24.1 Å². The number of hydrogen-bond acceptors (Lipinski definition) is 6. The zero-order chi connectivity index (χ0) is 21.8. The summed E-state index contributed by atoms with van der Waals surface area (Å²) < 4.78 is 18.6. The summed E-state index contributed by atoms with van der Waals surface area (Å²) in [5.74, 6) is 1.44. The highest BCUT2D eigenvalue weighted by molar-refractivity contribution is 5.88. The Morgan fingerprint density at radius 1 is 1.10 bits per heavy atom. The van der Waals surface area contributed by atoms with E-state index in [-0.39, 0.29) is 11.5 Å². The van der Waals surface area contributed by atoms with Crippen LogP contribution in [0.5, 0.6) is 11.5 Å². The molecule has 0 radical (unpaired) electrons. The van der Waals surface area contributed by atoms with E-state index in [4.69, 9.17) is 13.9 Å². The van der Waals surface area contributed by atoms with Crippen molar-refractivity contribution in [1.82, 2.24) is 0 Å². The first kappa shape index (κ1) is 20.8. The molecular weight excluding hydrogens is 396 g/mol. The Bertz CT molecular complexity index is 1030. The number of rotatable bonds is 4. The summed E-state index contributed by atoms with van der Waals surface area (Å²) in [6.45, 7) is 3.45. The third kappa shape index (κ3) is 3.74. The molecule has 1 aromatic heterocycles. The molecule has 6 heteroatoms. The normalized spacial score (nSPS) is 23.7. The van der Waals surface area contributed by atoms with Crippen molar-refractivity contribution in [2.75, 3.05) is 0 Å². The predicted octanol–water partition coefficient (Wildman–Crippen LogP) is 4.34. The zero-order valence-corrected chi connectivity index (χ0v) is 18.4. The average molecular weight is 429 g/mol. The van der Waals surface area contributed by atoms with Crippen molar-refractivity contribution >= 4 is 11.0 Å². The Balaban J connectivity index is 1.65. The lowest BCUT2D eigenvalue weighted by molar-refractivity contribution is -0.0230. The fourth-order valence-electron chi connectivity index (χ4n) is 5.29. The minimum absolute atomic E-state index is 0.0671. The lowest BCUT2D eigenvalue weighted by atomic mass is 9.83. The Kier molecular flexibility index (Phi) is 5.05. The van der Waals surface area contributed by atoms with Crippen LogP contribution in [0.1, 0.15) is 83.0 Å². The highest BCUT2D eigenvalue weighted by Crippen LogP contribution is 2.45. The summed E-state index contributed by atoms with van der Waals surface area (Å²) >= 11 is 0. The molecule has 0 spiro atoms. The highest BCUT2D eigenvalue weighted by Gasteiger charge is 2.39. The molecule has 6 nitrogen and oxygen atoms in total. The molecule has 2 aliphatic carbocycles. The Morgan fingerprint density at radius 2 is 1.81 bits per heavy atom. The summed E-state index contributed by atoms with van der Waals surface area (Å²) in [6, 6.07) is 3.18. The van der Waals surface area contributed by atoms with Gasteiger partial charge in [0.25, 0.3) is 0 Å². The molecule has 31 heavy (non-hydrogen) atoms. The maximum atomic E-state index is 13.3.